The second-order valence-electron chi connectivity index (χ2n) is 9.15. The van der Waals surface area contributed by atoms with E-state index in [1.165, 1.54) is 0 Å². The highest BCUT2D eigenvalue weighted by atomic mass is 16.8. The van der Waals surface area contributed by atoms with Gasteiger partial charge in [0.1, 0.15) is 24.1 Å². The Balaban J connectivity index is 1.48. The van der Waals surface area contributed by atoms with Gasteiger partial charge in [-0.25, -0.2) is 0 Å². The molecule has 0 spiro atoms. The number of carbonyl (C=O) groups excluding carboxylic acids is 1. The topological polar surface area (TPSA) is 86.7 Å². The zero-order valence-corrected chi connectivity index (χ0v) is 18.6. The van der Waals surface area contributed by atoms with Crippen molar-refractivity contribution in [3.8, 4) is 17.2 Å². The van der Waals surface area contributed by atoms with E-state index in [-0.39, 0.29) is 12.7 Å². The third-order valence-corrected chi connectivity index (χ3v) is 6.64. The number of rotatable bonds is 3. The van der Waals surface area contributed by atoms with E-state index >= 15 is 0 Å². The lowest BCUT2D eigenvalue weighted by Crippen LogP contribution is -2.57. The number of fused-ring (bicyclic) bond motifs is 6. The van der Waals surface area contributed by atoms with Gasteiger partial charge in [-0.2, -0.15) is 0 Å². The molecular weight excluding hydrogens is 426 g/mol. The molecule has 4 atom stereocenters. The summed E-state index contributed by atoms with van der Waals surface area (Å²) in [5, 5.41) is 10.9. The van der Waals surface area contributed by atoms with Crippen molar-refractivity contribution in [3.63, 3.8) is 0 Å². The van der Waals surface area contributed by atoms with Gasteiger partial charge in [-0.3, -0.25) is 4.79 Å². The minimum atomic E-state index is -0.871. The standard InChI is InChI=1S/C25H25NO7/c1-25(2)32-22-18(27)8-16-15-9-19-20(31-12-30-19)10-17(15)24(28)26(21(16)23(22)33-25)11-13-4-6-14(29-3)7-5-13/h4-10,18,21-23,27H,11-12H2,1-3H3/t18-,21+,22+,23-/m0/s1. The highest BCUT2D eigenvalue weighted by Gasteiger charge is 2.55. The molecule has 2 aromatic carbocycles. The minimum absolute atomic E-state index is 0.114. The number of carbonyl (C=O) groups is 1. The van der Waals surface area contributed by atoms with Gasteiger partial charge < -0.3 is 33.7 Å². The van der Waals surface area contributed by atoms with Crippen LogP contribution >= 0.6 is 0 Å². The molecule has 0 bridgehead atoms. The summed E-state index contributed by atoms with van der Waals surface area (Å²) in [6.45, 7) is 4.12. The number of benzene rings is 2. The Kier molecular flexibility index (Phi) is 4.49. The SMILES string of the molecule is COc1ccc(CN2C(=O)c3cc4c(cc3C3=C[C@H](O)[C@H]5OC(C)(C)O[C@H]5[C@@H]32)OCO4)cc1. The molecule has 172 valence electrons. The Morgan fingerprint density at radius 3 is 2.42 bits per heavy atom. The van der Waals surface area contributed by atoms with Crippen molar-refractivity contribution in [1.82, 2.24) is 4.90 Å². The molecule has 3 aliphatic heterocycles. The van der Waals surface area contributed by atoms with E-state index in [1.54, 1.807) is 24.2 Å². The molecule has 0 radical (unpaired) electrons. The Hall–Kier alpha value is -3.07. The Morgan fingerprint density at radius 1 is 1.06 bits per heavy atom. The molecule has 3 heterocycles. The Morgan fingerprint density at radius 2 is 1.73 bits per heavy atom. The molecule has 6 rings (SSSR count). The molecule has 0 saturated carbocycles. The number of methoxy groups -OCH3 is 1. The molecular formula is C25H25NO7. The molecule has 1 N–H and O–H groups in total. The lowest BCUT2D eigenvalue weighted by Gasteiger charge is -2.45. The summed E-state index contributed by atoms with van der Waals surface area (Å²) in [5.74, 6) is 0.873. The Labute approximate surface area is 191 Å². The van der Waals surface area contributed by atoms with Crippen molar-refractivity contribution < 1.29 is 33.6 Å². The van der Waals surface area contributed by atoms with Gasteiger partial charge >= 0.3 is 0 Å². The molecule has 1 saturated heterocycles. The quantitative estimate of drug-likeness (QED) is 0.768. The van der Waals surface area contributed by atoms with Crippen LogP contribution in [-0.4, -0.2) is 60.0 Å². The van der Waals surface area contributed by atoms with Gasteiger partial charge in [0.05, 0.1) is 18.7 Å². The van der Waals surface area contributed by atoms with Crippen LogP contribution in [0.2, 0.25) is 0 Å². The highest BCUT2D eigenvalue weighted by molar-refractivity contribution is 6.05. The van der Waals surface area contributed by atoms with E-state index in [9.17, 15) is 9.90 Å². The molecule has 0 aromatic heterocycles. The number of nitrogens with zero attached hydrogens (tertiary/aromatic N) is 1. The van der Waals surface area contributed by atoms with Crippen LogP contribution in [-0.2, 0) is 16.0 Å². The van der Waals surface area contributed by atoms with Crippen LogP contribution in [0.15, 0.2) is 42.5 Å². The molecule has 8 heteroatoms. The fourth-order valence-corrected chi connectivity index (χ4v) is 5.21. The normalized spacial score (nSPS) is 28.7. The van der Waals surface area contributed by atoms with Crippen LogP contribution in [0.1, 0.15) is 35.3 Å². The van der Waals surface area contributed by atoms with Gasteiger partial charge in [0.2, 0.25) is 6.79 Å². The molecule has 1 amide bonds. The number of hydrogen-bond donors (Lipinski definition) is 1. The van der Waals surface area contributed by atoms with E-state index in [1.807, 2.05) is 44.2 Å². The summed E-state index contributed by atoms with van der Waals surface area (Å²) < 4.78 is 28.6. The van der Waals surface area contributed by atoms with Gasteiger partial charge in [0, 0.05) is 6.54 Å². The van der Waals surface area contributed by atoms with Crippen LogP contribution in [0.25, 0.3) is 5.57 Å². The summed E-state index contributed by atoms with van der Waals surface area (Å²) in [6.07, 6.45) is -0.172. The minimum Gasteiger partial charge on any atom is -0.497 e. The summed E-state index contributed by atoms with van der Waals surface area (Å²) in [7, 11) is 1.62. The molecule has 8 nitrogen and oxygen atoms in total. The van der Waals surface area contributed by atoms with E-state index in [2.05, 4.69) is 0 Å². The first-order chi connectivity index (χ1) is 15.8. The second kappa shape index (κ2) is 7.21. The monoisotopic (exact) mass is 451 g/mol. The predicted octanol–water partition coefficient (Wildman–Crippen LogP) is 2.73. The molecule has 33 heavy (non-hydrogen) atoms. The summed E-state index contributed by atoms with van der Waals surface area (Å²) in [5.41, 5.74) is 3.02. The average molecular weight is 451 g/mol. The van der Waals surface area contributed by atoms with Crippen molar-refractivity contribution >= 4 is 11.5 Å². The third kappa shape index (κ3) is 3.20. The predicted molar refractivity (Wildman–Crippen MR) is 117 cm³/mol. The molecule has 4 aliphatic rings. The van der Waals surface area contributed by atoms with Crippen molar-refractivity contribution in [2.75, 3.05) is 13.9 Å². The molecule has 1 aliphatic carbocycles. The van der Waals surface area contributed by atoms with E-state index < -0.39 is 30.1 Å². The first kappa shape index (κ1) is 20.5. The number of ether oxygens (including phenoxy) is 5. The molecule has 2 aromatic rings. The summed E-state index contributed by atoms with van der Waals surface area (Å²) >= 11 is 0. The van der Waals surface area contributed by atoms with Crippen molar-refractivity contribution in [2.24, 2.45) is 0 Å². The fraction of sp³-hybridized carbons (Fsp3) is 0.400. The fourth-order valence-electron chi connectivity index (χ4n) is 5.21. The summed E-state index contributed by atoms with van der Waals surface area (Å²) in [6, 6.07) is 10.8. The number of aliphatic hydroxyl groups is 1. The summed E-state index contributed by atoms with van der Waals surface area (Å²) in [4.78, 5) is 15.6. The van der Waals surface area contributed by atoms with Gasteiger partial charge in [-0.1, -0.05) is 12.1 Å². The van der Waals surface area contributed by atoms with Crippen molar-refractivity contribution in [2.45, 2.75) is 50.5 Å². The maximum Gasteiger partial charge on any atom is 0.255 e. The van der Waals surface area contributed by atoms with Crippen LogP contribution in [0.4, 0.5) is 0 Å². The van der Waals surface area contributed by atoms with Gasteiger partial charge in [0.15, 0.2) is 17.3 Å². The maximum absolute atomic E-state index is 13.8. The van der Waals surface area contributed by atoms with Gasteiger partial charge in [0.25, 0.3) is 5.91 Å². The van der Waals surface area contributed by atoms with E-state index in [0.717, 1.165) is 22.4 Å². The first-order valence-electron chi connectivity index (χ1n) is 11.0. The number of hydrogen-bond acceptors (Lipinski definition) is 7. The van der Waals surface area contributed by atoms with Crippen LogP contribution in [0.3, 0.4) is 0 Å². The zero-order chi connectivity index (χ0) is 22.9. The van der Waals surface area contributed by atoms with E-state index in [0.29, 0.717) is 23.6 Å². The zero-order valence-electron chi connectivity index (χ0n) is 18.6. The lowest BCUT2D eigenvalue weighted by atomic mass is 9.78. The van der Waals surface area contributed by atoms with Gasteiger partial charge in [-0.15, -0.1) is 0 Å². The van der Waals surface area contributed by atoms with E-state index in [4.69, 9.17) is 23.7 Å². The third-order valence-electron chi connectivity index (χ3n) is 6.64. The number of amides is 1. The average Bonchev–Trinajstić information content (AvgIpc) is 3.39. The Bertz CT molecular complexity index is 1160. The lowest BCUT2D eigenvalue weighted by molar-refractivity contribution is -0.153. The maximum atomic E-state index is 13.8. The molecule has 1 fully saturated rings. The first-order valence-corrected chi connectivity index (χ1v) is 11.0. The largest absolute Gasteiger partial charge is 0.497 e. The van der Waals surface area contributed by atoms with Crippen LogP contribution in [0.5, 0.6) is 17.2 Å². The number of aliphatic hydroxyl groups excluding tert-OH is 1. The van der Waals surface area contributed by atoms with Crippen molar-refractivity contribution in [3.05, 3.63) is 59.2 Å². The van der Waals surface area contributed by atoms with Gasteiger partial charge in [-0.05, 0) is 60.9 Å². The smallest absolute Gasteiger partial charge is 0.255 e. The van der Waals surface area contributed by atoms with Crippen LogP contribution < -0.4 is 14.2 Å². The molecule has 0 unspecified atom stereocenters. The second-order valence-corrected chi connectivity index (χ2v) is 9.15. The van der Waals surface area contributed by atoms with Crippen LogP contribution in [0, 0.1) is 0 Å². The highest BCUT2D eigenvalue weighted by Crippen LogP contribution is 2.48. The van der Waals surface area contributed by atoms with Crippen molar-refractivity contribution in [1.29, 1.82) is 0 Å².